The summed E-state index contributed by atoms with van der Waals surface area (Å²) >= 11 is 1.57. The van der Waals surface area contributed by atoms with E-state index in [2.05, 4.69) is 0 Å². The summed E-state index contributed by atoms with van der Waals surface area (Å²) in [7, 11) is 1.74. The first-order valence-electron chi connectivity index (χ1n) is 7.82. The van der Waals surface area contributed by atoms with Crippen LogP contribution in [-0.2, 0) is 9.53 Å². The number of thiophene rings is 1. The van der Waals surface area contributed by atoms with Crippen LogP contribution in [0, 0.1) is 0 Å². The van der Waals surface area contributed by atoms with E-state index in [4.69, 9.17) is 9.84 Å². The summed E-state index contributed by atoms with van der Waals surface area (Å²) in [5.74, 6) is -0.854. The van der Waals surface area contributed by atoms with Gasteiger partial charge >= 0.3 is 5.97 Å². The monoisotopic (exact) mass is 348 g/mol. The fourth-order valence-electron chi connectivity index (χ4n) is 2.97. The number of amides is 1. The lowest BCUT2D eigenvalue weighted by Gasteiger charge is -2.34. The molecule has 2 aromatic rings. The Hall–Kier alpha value is -1.96. The zero-order valence-corrected chi connectivity index (χ0v) is 14.3. The van der Waals surface area contributed by atoms with Crippen LogP contribution in [0.1, 0.15) is 10.4 Å². The number of benzene rings is 1. The maximum atomic E-state index is 12.9. The van der Waals surface area contributed by atoms with Crippen molar-refractivity contribution < 1.29 is 19.4 Å². The molecule has 0 saturated carbocycles. The molecule has 1 aliphatic heterocycles. The topological polar surface area (TPSA) is 70.1 Å². The SMILES string of the molecule is CN(CC(=O)O)CC1CN(C(=O)c2csc3ccccc23)CCO1. The van der Waals surface area contributed by atoms with Crippen LogP contribution >= 0.6 is 11.3 Å². The Labute approximate surface area is 144 Å². The van der Waals surface area contributed by atoms with Crippen LogP contribution in [0.3, 0.4) is 0 Å². The summed E-state index contributed by atoms with van der Waals surface area (Å²) in [5, 5.41) is 11.7. The second-order valence-corrected chi connectivity index (χ2v) is 6.89. The van der Waals surface area contributed by atoms with Gasteiger partial charge < -0.3 is 14.7 Å². The average molecular weight is 348 g/mol. The van der Waals surface area contributed by atoms with Gasteiger partial charge in [-0.05, 0) is 13.1 Å². The molecule has 1 fully saturated rings. The number of fused-ring (bicyclic) bond motifs is 1. The van der Waals surface area contributed by atoms with E-state index in [0.717, 1.165) is 15.6 Å². The normalized spacial score (nSPS) is 18.2. The largest absolute Gasteiger partial charge is 0.480 e. The summed E-state index contributed by atoms with van der Waals surface area (Å²) < 4.78 is 6.79. The zero-order chi connectivity index (χ0) is 17.1. The Morgan fingerprint density at radius 2 is 2.21 bits per heavy atom. The molecular weight excluding hydrogens is 328 g/mol. The molecule has 7 heteroatoms. The molecule has 1 amide bonds. The number of hydrogen-bond donors (Lipinski definition) is 1. The molecule has 2 heterocycles. The number of ether oxygens (including phenoxy) is 1. The van der Waals surface area contributed by atoms with Crippen molar-refractivity contribution in [2.75, 3.05) is 39.8 Å². The molecule has 0 aliphatic carbocycles. The third-order valence-electron chi connectivity index (χ3n) is 4.06. The molecule has 0 radical (unpaired) electrons. The summed E-state index contributed by atoms with van der Waals surface area (Å²) in [6.45, 7) is 1.96. The second-order valence-electron chi connectivity index (χ2n) is 5.98. The molecule has 1 aliphatic rings. The number of carboxylic acid groups (broad SMARTS) is 1. The highest BCUT2D eigenvalue weighted by Gasteiger charge is 2.27. The van der Waals surface area contributed by atoms with Gasteiger partial charge in [-0.15, -0.1) is 11.3 Å². The molecule has 6 nitrogen and oxygen atoms in total. The Balaban J connectivity index is 1.68. The summed E-state index contributed by atoms with van der Waals surface area (Å²) in [4.78, 5) is 27.1. The van der Waals surface area contributed by atoms with E-state index in [1.807, 2.05) is 29.6 Å². The number of carbonyl (C=O) groups is 2. The highest BCUT2D eigenvalue weighted by molar-refractivity contribution is 7.17. The Morgan fingerprint density at radius 3 is 3.00 bits per heavy atom. The molecule has 0 spiro atoms. The van der Waals surface area contributed by atoms with Crippen LogP contribution in [0.4, 0.5) is 0 Å². The van der Waals surface area contributed by atoms with E-state index in [-0.39, 0.29) is 18.6 Å². The van der Waals surface area contributed by atoms with Gasteiger partial charge in [-0.2, -0.15) is 0 Å². The molecule has 1 aromatic carbocycles. The minimum atomic E-state index is -0.869. The molecule has 1 unspecified atom stereocenters. The number of aliphatic carboxylic acids is 1. The molecule has 128 valence electrons. The molecule has 1 N–H and O–H groups in total. The smallest absolute Gasteiger partial charge is 0.317 e. The molecular formula is C17H20N2O4S. The van der Waals surface area contributed by atoms with Crippen molar-refractivity contribution in [3.63, 3.8) is 0 Å². The zero-order valence-electron chi connectivity index (χ0n) is 13.5. The van der Waals surface area contributed by atoms with Crippen molar-refractivity contribution in [2.24, 2.45) is 0 Å². The van der Waals surface area contributed by atoms with Gasteiger partial charge in [0.25, 0.3) is 5.91 Å². The quantitative estimate of drug-likeness (QED) is 0.892. The number of hydrogen-bond acceptors (Lipinski definition) is 5. The van der Waals surface area contributed by atoms with E-state index in [1.54, 1.807) is 28.2 Å². The lowest BCUT2D eigenvalue weighted by Crippen LogP contribution is -2.49. The predicted molar refractivity (Wildman–Crippen MR) is 92.6 cm³/mol. The molecule has 1 atom stereocenters. The molecule has 3 rings (SSSR count). The second kappa shape index (κ2) is 7.29. The average Bonchev–Trinajstić information content (AvgIpc) is 2.97. The van der Waals surface area contributed by atoms with Crippen LogP contribution < -0.4 is 0 Å². The Morgan fingerprint density at radius 1 is 1.42 bits per heavy atom. The third-order valence-corrected chi connectivity index (χ3v) is 5.02. The summed E-state index contributed by atoms with van der Waals surface area (Å²) in [6, 6.07) is 7.89. The van der Waals surface area contributed by atoms with E-state index >= 15 is 0 Å². The number of carboxylic acids is 1. The summed E-state index contributed by atoms with van der Waals surface area (Å²) in [5.41, 5.74) is 0.732. The van der Waals surface area contributed by atoms with E-state index in [0.29, 0.717) is 26.2 Å². The van der Waals surface area contributed by atoms with E-state index < -0.39 is 5.97 Å². The lowest BCUT2D eigenvalue weighted by atomic mass is 10.1. The van der Waals surface area contributed by atoms with Gasteiger partial charge in [0.15, 0.2) is 0 Å². The highest BCUT2D eigenvalue weighted by Crippen LogP contribution is 2.27. The lowest BCUT2D eigenvalue weighted by molar-refractivity contribution is -0.138. The number of rotatable bonds is 5. The standard InChI is InChI=1S/C17H20N2O4S/c1-18(10-16(20)21)8-12-9-19(6-7-23-12)17(22)14-11-24-15-5-3-2-4-13(14)15/h2-5,11-12H,6-10H2,1H3,(H,20,21). The van der Waals surface area contributed by atoms with Gasteiger partial charge in [-0.3, -0.25) is 14.5 Å². The van der Waals surface area contributed by atoms with Crippen molar-refractivity contribution in [3.8, 4) is 0 Å². The maximum absolute atomic E-state index is 12.9. The van der Waals surface area contributed by atoms with Crippen molar-refractivity contribution in [3.05, 3.63) is 35.2 Å². The minimum Gasteiger partial charge on any atom is -0.480 e. The van der Waals surface area contributed by atoms with Crippen molar-refractivity contribution in [1.82, 2.24) is 9.80 Å². The summed E-state index contributed by atoms with van der Waals surface area (Å²) in [6.07, 6.45) is -0.169. The molecule has 1 aromatic heterocycles. The highest BCUT2D eigenvalue weighted by atomic mass is 32.1. The van der Waals surface area contributed by atoms with Crippen molar-refractivity contribution in [2.45, 2.75) is 6.10 Å². The fourth-order valence-corrected chi connectivity index (χ4v) is 3.91. The van der Waals surface area contributed by atoms with Gasteiger partial charge in [0, 0.05) is 35.1 Å². The molecule has 1 saturated heterocycles. The Kier molecular flexibility index (Phi) is 5.13. The van der Waals surface area contributed by atoms with Crippen LogP contribution in [0.5, 0.6) is 0 Å². The maximum Gasteiger partial charge on any atom is 0.317 e. The van der Waals surface area contributed by atoms with E-state index in [9.17, 15) is 9.59 Å². The molecule has 24 heavy (non-hydrogen) atoms. The van der Waals surface area contributed by atoms with Crippen LogP contribution in [-0.4, -0.2) is 72.7 Å². The van der Waals surface area contributed by atoms with Gasteiger partial charge in [-0.1, -0.05) is 18.2 Å². The fraction of sp³-hybridized carbons (Fsp3) is 0.412. The number of nitrogens with zero attached hydrogens (tertiary/aromatic N) is 2. The van der Waals surface area contributed by atoms with Crippen molar-refractivity contribution >= 4 is 33.3 Å². The first kappa shape index (κ1) is 16.9. The third kappa shape index (κ3) is 3.75. The van der Waals surface area contributed by atoms with Gasteiger partial charge in [0.2, 0.25) is 0 Å². The van der Waals surface area contributed by atoms with Gasteiger partial charge in [-0.25, -0.2) is 0 Å². The van der Waals surface area contributed by atoms with Crippen LogP contribution in [0.15, 0.2) is 29.6 Å². The van der Waals surface area contributed by atoms with Crippen LogP contribution in [0.25, 0.3) is 10.1 Å². The number of morpholine rings is 1. The first-order chi connectivity index (χ1) is 11.5. The van der Waals surface area contributed by atoms with Gasteiger partial charge in [0.1, 0.15) is 0 Å². The van der Waals surface area contributed by atoms with Crippen LogP contribution in [0.2, 0.25) is 0 Å². The Bertz CT molecular complexity index is 745. The number of carbonyl (C=O) groups excluding carboxylic acids is 1. The van der Waals surface area contributed by atoms with Gasteiger partial charge in [0.05, 0.1) is 24.8 Å². The van der Waals surface area contributed by atoms with E-state index in [1.165, 1.54) is 0 Å². The first-order valence-corrected chi connectivity index (χ1v) is 8.70. The van der Waals surface area contributed by atoms with Crippen molar-refractivity contribution in [1.29, 1.82) is 0 Å². The minimum absolute atomic E-state index is 0.0154. The predicted octanol–water partition coefficient (Wildman–Crippen LogP) is 1.76. The molecule has 0 bridgehead atoms. The number of likely N-dealkylation sites (N-methyl/N-ethyl adjacent to an activating group) is 1.